The Bertz CT molecular complexity index is 576. The molecule has 0 radical (unpaired) electrons. The van der Waals surface area contributed by atoms with Crippen LogP contribution in [0.4, 0.5) is 0 Å². The van der Waals surface area contributed by atoms with Gasteiger partial charge in [0.1, 0.15) is 0 Å². The molecule has 1 aliphatic heterocycles. The van der Waals surface area contributed by atoms with Crippen molar-refractivity contribution < 1.29 is 9.47 Å². The van der Waals surface area contributed by atoms with Crippen LogP contribution in [0.3, 0.4) is 0 Å². The number of methoxy groups -OCH3 is 2. The van der Waals surface area contributed by atoms with E-state index in [4.69, 9.17) is 21.7 Å². The first-order valence-corrected chi connectivity index (χ1v) is 7.27. The average Bonchev–Trinajstić information content (AvgIpc) is 2.45. The number of hydrogen-bond donors (Lipinski definition) is 2. The highest BCUT2D eigenvalue weighted by Crippen LogP contribution is 2.33. The van der Waals surface area contributed by atoms with Crippen LogP contribution < -0.4 is 20.1 Å². The predicted molar refractivity (Wildman–Crippen MR) is 88.7 cm³/mol. The molecule has 1 heterocycles. The molecule has 0 fully saturated rings. The van der Waals surface area contributed by atoms with Crippen LogP contribution in [0.1, 0.15) is 32.4 Å². The fraction of sp³-hybridized carbons (Fsp3) is 0.438. The summed E-state index contributed by atoms with van der Waals surface area (Å²) in [5, 5.41) is 7.14. The normalized spacial score (nSPS) is 18.4. The third-order valence-electron chi connectivity index (χ3n) is 3.44. The minimum Gasteiger partial charge on any atom is -0.493 e. The van der Waals surface area contributed by atoms with E-state index in [1.165, 1.54) is 0 Å². The van der Waals surface area contributed by atoms with Crippen LogP contribution in [0.25, 0.3) is 0 Å². The van der Waals surface area contributed by atoms with E-state index in [1.54, 1.807) is 14.2 Å². The largest absolute Gasteiger partial charge is 0.493 e. The van der Waals surface area contributed by atoms with Gasteiger partial charge in [-0.1, -0.05) is 26.8 Å². The molecule has 114 valence electrons. The molecule has 0 saturated heterocycles. The molecule has 0 aliphatic carbocycles. The van der Waals surface area contributed by atoms with Crippen LogP contribution in [-0.4, -0.2) is 19.3 Å². The number of nitrogens with one attached hydrogen (secondary N) is 2. The number of rotatable bonds is 3. The summed E-state index contributed by atoms with van der Waals surface area (Å²) in [6, 6.07) is 5.92. The fourth-order valence-electron chi connectivity index (χ4n) is 2.21. The molecule has 1 aromatic carbocycles. The van der Waals surface area contributed by atoms with Crippen molar-refractivity contribution in [1.29, 1.82) is 0 Å². The van der Waals surface area contributed by atoms with Gasteiger partial charge in [-0.2, -0.15) is 0 Å². The van der Waals surface area contributed by atoms with Crippen molar-refractivity contribution >= 4 is 17.3 Å². The zero-order valence-corrected chi connectivity index (χ0v) is 13.9. The van der Waals surface area contributed by atoms with E-state index in [2.05, 4.69) is 37.5 Å². The van der Waals surface area contributed by atoms with Crippen molar-refractivity contribution in [3.05, 3.63) is 35.5 Å². The highest BCUT2D eigenvalue weighted by Gasteiger charge is 2.25. The number of benzene rings is 1. The van der Waals surface area contributed by atoms with Crippen LogP contribution in [0, 0.1) is 5.41 Å². The lowest BCUT2D eigenvalue weighted by molar-refractivity contribution is 0.354. The van der Waals surface area contributed by atoms with Crippen LogP contribution in [0.5, 0.6) is 11.5 Å². The molecule has 0 saturated carbocycles. The molecule has 1 aromatic rings. The van der Waals surface area contributed by atoms with Crippen molar-refractivity contribution in [2.45, 2.75) is 26.8 Å². The zero-order chi connectivity index (χ0) is 15.6. The van der Waals surface area contributed by atoms with Gasteiger partial charge in [0, 0.05) is 11.1 Å². The molecule has 0 aromatic heterocycles. The Morgan fingerprint density at radius 2 is 1.76 bits per heavy atom. The van der Waals surface area contributed by atoms with Crippen molar-refractivity contribution in [2.24, 2.45) is 5.41 Å². The molecule has 0 bridgehead atoms. The molecular formula is C16H22N2O2S. The Morgan fingerprint density at radius 3 is 2.33 bits per heavy atom. The summed E-state index contributed by atoms with van der Waals surface area (Å²) in [7, 11) is 3.27. The maximum Gasteiger partial charge on any atom is 0.171 e. The Hall–Kier alpha value is -1.75. The smallest absolute Gasteiger partial charge is 0.171 e. The quantitative estimate of drug-likeness (QED) is 0.840. The van der Waals surface area contributed by atoms with Crippen LogP contribution in [-0.2, 0) is 0 Å². The Balaban J connectivity index is 2.38. The van der Waals surface area contributed by atoms with E-state index in [0.29, 0.717) is 10.9 Å². The average molecular weight is 306 g/mol. The molecular weight excluding hydrogens is 284 g/mol. The first-order chi connectivity index (χ1) is 9.85. The summed E-state index contributed by atoms with van der Waals surface area (Å²) < 4.78 is 10.6. The van der Waals surface area contributed by atoms with E-state index < -0.39 is 0 Å². The van der Waals surface area contributed by atoms with Gasteiger partial charge in [0.25, 0.3) is 0 Å². The minimum atomic E-state index is 0.0148. The van der Waals surface area contributed by atoms with Gasteiger partial charge in [0.05, 0.1) is 20.3 Å². The summed E-state index contributed by atoms with van der Waals surface area (Å²) in [5.74, 6) is 1.43. The summed E-state index contributed by atoms with van der Waals surface area (Å²) in [6.07, 6.45) is 2.16. The highest BCUT2D eigenvalue weighted by molar-refractivity contribution is 7.80. The molecule has 5 heteroatoms. The fourth-order valence-corrected chi connectivity index (χ4v) is 2.45. The van der Waals surface area contributed by atoms with Crippen molar-refractivity contribution in [3.8, 4) is 11.5 Å². The second-order valence-corrected chi connectivity index (χ2v) is 6.43. The van der Waals surface area contributed by atoms with Crippen LogP contribution >= 0.6 is 12.2 Å². The van der Waals surface area contributed by atoms with Gasteiger partial charge in [-0.25, -0.2) is 0 Å². The van der Waals surface area contributed by atoms with Crippen LogP contribution in [0.15, 0.2) is 30.0 Å². The van der Waals surface area contributed by atoms with Gasteiger partial charge < -0.3 is 20.1 Å². The standard InChI is InChI=1S/C16H22N2O2S/c1-16(2,3)14-9-11(17-15(21)18-14)10-6-7-12(19-4)13(8-10)20-5/h6-9,11H,1-5H3,(H2,17,18,21). The molecule has 1 atom stereocenters. The van der Waals surface area contributed by atoms with E-state index in [9.17, 15) is 0 Å². The minimum absolute atomic E-state index is 0.0148. The van der Waals surface area contributed by atoms with Crippen molar-refractivity contribution in [2.75, 3.05) is 14.2 Å². The van der Waals surface area contributed by atoms with Crippen molar-refractivity contribution in [1.82, 2.24) is 10.6 Å². The Morgan fingerprint density at radius 1 is 1.10 bits per heavy atom. The van der Waals surface area contributed by atoms with Crippen LogP contribution in [0.2, 0.25) is 0 Å². The molecule has 1 aliphatic rings. The zero-order valence-electron chi connectivity index (χ0n) is 13.1. The lowest BCUT2D eigenvalue weighted by Crippen LogP contribution is -2.44. The molecule has 2 rings (SSSR count). The first kappa shape index (κ1) is 15.6. The van der Waals surface area contributed by atoms with Gasteiger partial charge in [-0.15, -0.1) is 0 Å². The van der Waals surface area contributed by atoms with Gasteiger partial charge >= 0.3 is 0 Å². The first-order valence-electron chi connectivity index (χ1n) is 6.87. The Labute approximate surface area is 131 Å². The second kappa shape index (κ2) is 5.93. The maximum absolute atomic E-state index is 5.37. The van der Waals surface area contributed by atoms with E-state index in [-0.39, 0.29) is 11.5 Å². The number of ether oxygens (including phenoxy) is 2. The summed E-state index contributed by atoms with van der Waals surface area (Å²) in [5.41, 5.74) is 2.21. The predicted octanol–water partition coefficient (Wildman–Crippen LogP) is 3.15. The highest BCUT2D eigenvalue weighted by atomic mass is 32.1. The molecule has 4 nitrogen and oxygen atoms in total. The topological polar surface area (TPSA) is 42.5 Å². The van der Waals surface area contributed by atoms with Gasteiger partial charge in [-0.05, 0) is 36.0 Å². The summed E-state index contributed by atoms with van der Waals surface area (Å²) in [4.78, 5) is 0. The SMILES string of the molecule is COc1ccc(C2C=C(C(C)(C)C)NC(=S)N2)cc1OC. The number of allylic oxidation sites excluding steroid dienone is 1. The van der Waals surface area contributed by atoms with Gasteiger partial charge in [-0.3, -0.25) is 0 Å². The van der Waals surface area contributed by atoms with Gasteiger partial charge in [0.15, 0.2) is 16.6 Å². The van der Waals surface area contributed by atoms with Gasteiger partial charge in [0.2, 0.25) is 0 Å². The molecule has 1 unspecified atom stereocenters. The molecule has 21 heavy (non-hydrogen) atoms. The van der Waals surface area contributed by atoms with E-state index in [0.717, 1.165) is 17.0 Å². The van der Waals surface area contributed by atoms with Crippen molar-refractivity contribution in [3.63, 3.8) is 0 Å². The van der Waals surface area contributed by atoms with E-state index in [1.807, 2.05) is 18.2 Å². The third-order valence-corrected chi connectivity index (χ3v) is 3.66. The lowest BCUT2D eigenvalue weighted by atomic mass is 9.88. The number of hydrogen-bond acceptors (Lipinski definition) is 3. The molecule has 0 amide bonds. The molecule has 0 spiro atoms. The summed E-state index contributed by atoms with van der Waals surface area (Å²) >= 11 is 5.32. The third kappa shape index (κ3) is 3.47. The lowest BCUT2D eigenvalue weighted by Gasteiger charge is -2.32. The second-order valence-electron chi connectivity index (χ2n) is 6.02. The molecule has 2 N–H and O–H groups in total. The Kier molecular flexibility index (Phi) is 4.42. The maximum atomic E-state index is 5.37. The monoisotopic (exact) mass is 306 g/mol. The summed E-state index contributed by atoms with van der Waals surface area (Å²) in [6.45, 7) is 6.47. The van der Waals surface area contributed by atoms with E-state index >= 15 is 0 Å². The number of thiocarbonyl (C=S) groups is 1.